The van der Waals surface area contributed by atoms with E-state index in [1.807, 2.05) is 36.2 Å². The van der Waals surface area contributed by atoms with Crippen LogP contribution >= 0.6 is 0 Å². The molecule has 0 saturated carbocycles. The number of carbonyl (C=O) groups is 2. The van der Waals surface area contributed by atoms with Crippen molar-refractivity contribution in [3.05, 3.63) is 65.2 Å². The molecule has 0 unspecified atom stereocenters. The molecule has 1 N–H and O–H groups in total. The third-order valence-electron chi connectivity index (χ3n) is 5.57. The molecule has 1 atom stereocenters. The highest BCUT2D eigenvalue weighted by Crippen LogP contribution is 2.35. The van der Waals surface area contributed by atoms with Crippen molar-refractivity contribution >= 4 is 17.5 Å². The average Bonchev–Trinajstić information content (AvgIpc) is 3.20. The van der Waals surface area contributed by atoms with Gasteiger partial charge in [-0.05, 0) is 49.4 Å². The van der Waals surface area contributed by atoms with Crippen LogP contribution in [0.2, 0.25) is 0 Å². The summed E-state index contributed by atoms with van der Waals surface area (Å²) in [5.41, 5.74) is 3.44. The minimum atomic E-state index is -0.0828. The first-order valence-electron chi connectivity index (χ1n) is 9.65. The summed E-state index contributed by atoms with van der Waals surface area (Å²) in [5, 5.41) is 3.00. The maximum absolute atomic E-state index is 12.7. The number of benzene rings is 2. The fourth-order valence-electron chi connectivity index (χ4n) is 4.09. The molecule has 1 saturated heterocycles. The topological polar surface area (TPSA) is 52.7 Å². The zero-order valence-electron chi connectivity index (χ0n) is 15.6. The van der Waals surface area contributed by atoms with Gasteiger partial charge >= 0.3 is 0 Å². The maximum atomic E-state index is 12.7. The number of anilines is 1. The van der Waals surface area contributed by atoms with Crippen LogP contribution in [0.5, 0.6) is 0 Å². The van der Waals surface area contributed by atoms with Gasteiger partial charge in [0.15, 0.2) is 0 Å². The quantitative estimate of drug-likeness (QED) is 0.831. The molecule has 2 aliphatic rings. The molecule has 0 spiro atoms. The molecular formula is C22H25N3O2. The van der Waals surface area contributed by atoms with Crippen molar-refractivity contribution in [2.24, 2.45) is 0 Å². The number of fused-ring (bicyclic) bond motifs is 2. The summed E-state index contributed by atoms with van der Waals surface area (Å²) in [6.45, 7) is 1.45. The van der Waals surface area contributed by atoms with Crippen LogP contribution in [-0.4, -0.2) is 43.0 Å². The standard InChI is InChI=1S/C22H25N3O2/c1-24-19-15-17(11-12-18(19)22(27)25-14-6-10-20(24)25)21(26)23-13-5-9-16-7-3-2-4-8-16/h2-4,7-8,11-12,15,20H,5-6,9-10,13-14H2,1H3,(H,23,26)/t20-/m1/s1. The van der Waals surface area contributed by atoms with E-state index in [2.05, 4.69) is 22.3 Å². The second-order valence-corrected chi connectivity index (χ2v) is 7.31. The van der Waals surface area contributed by atoms with E-state index >= 15 is 0 Å². The van der Waals surface area contributed by atoms with Crippen molar-refractivity contribution in [2.75, 3.05) is 25.0 Å². The van der Waals surface area contributed by atoms with Crippen LogP contribution in [0, 0.1) is 0 Å². The number of hydrogen-bond acceptors (Lipinski definition) is 3. The number of nitrogens with zero attached hydrogens (tertiary/aromatic N) is 2. The van der Waals surface area contributed by atoms with Gasteiger partial charge in [-0.1, -0.05) is 30.3 Å². The molecule has 0 aromatic heterocycles. The molecule has 5 nitrogen and oxygen atoms in total. The van der Waals surface area contributed by atoms with Crippen LogP contribution in [0.15, 0.2) is 48.5 Å². The van der Waals surface area contributed by atoms with Crippen LogP contribution in [0.4, 0.5) is 5.69 Å². The second kappa shape index (κ2) is 7.43. The van der Waals surface area contributed by atoms with E-state index in [4.69, 9.17) is 0 Å². The van der Waals surface area contributed by atoms with E-state index in [9.17, 15) is 9.59 Å². The normalized spacial score (nSPS) is 18.3. The maximum Gasteiger partial charge on any atom is 0.257 e. The Hall–Kier alpha value is -2.82. The lowest BCUT2D eigenvalue weighted by Crippen LogP contribution is -2.50. The Morgan fingerprint density at radius 3 is 2.81 bits per heavy atom. The highest BCUT2D eigenvalue weighted by atomic mass is 16.2. The predicted molar refractivity (Wildman–Crippen MR) is 106 cm³/mol. The zero-order valence-corrected chi connectivity index (χ0v) is 15.6. The molecule has 2 aliphatic heterocycles. The van der Waals surface area contributed by atoms with Crippen molar-refractivity contribution in [1.29, 1.82) is 0 Å². The summed E-state index contributed by atoms with van der Waals surface area (Å²) in [7, 11) is 2.01. The molecule has 140 valence electrons. The SMILES string of the molecule is CN1c2cc(C(=O)NCCCc3ccccc3)ccc2C(=O)N2CCC[C@@H]21. The molecule has 27 heavy (non-hydrogen) atoms. The minimum Gasteiger partial charge on any atom is -0.354 e. The Bertz CT molecular complexity index is 850. The second-order valence-electron chi connectivity index (χ2n) is 7.31. The highest BCUT2D eigenvalue weighted by Gasteiger charge is 2.38. The molecule has 2 aromatic rings. The van der Waals surface area contributed by atoms with Crippen LogP contribution in [0.25, 0.3) is 0 Å². The molecular weight excluding hydrogens is 338 g/mol. The van der Waals surface area contributed by atoms with Crippen LogP contribution in [-0.2, 0) is 6.42 Å². The summed E-state index contributed by atoms with van der Waals surface area (Å²) in [5.74, 6) is 0.000909. The van der Waals surface area contributed by atoms with Gasteiger partial charge in [-0.3, -0.25) is 9.59 Å². The fraction of sp³-hybridized carbons (Fsp3) is 0.364. The first-order valence-corrected chi connectivity index (χ1v) is 9.65. The number of carbonyl (C=O) groups excluding carboxylic acids is 2. The molecule has 0 bridgehead atoms. The van der Waals surface area contributed by atoms with Gasteiger partial charge in [0, 0.05) is 25.7 Å². The highest BCUT2D eigenvalue weighted by molar-refractivity contribution is 6.04. The molecule has 2 amide bonds. The Kier molecular flexibility index (Phi) is 4.84. The third kappa shape index (κ3) is 3.42. The number of aryl methyl sites for hydroxylation is 1. The van der Waals surface area contributed by atoms with Crippen molar-refractivity contribution in [3.63, 3.8) is 0 Å². The van der Waals surface area contributed by atoms with Gasteiger partial charge < -0.3 is 15.1 Å². The molecule has 2 heterocycles. The van der Waals surface area contributed by atoms with Gasteiger partial charge in [0.1, 0.15) is 6.17 Å². The van der Waals surface area contributed by atoms with Crippen LogP contribution in [0.3, 0.4) is 0 Å². The first kappa shape index (κ1) is 17.6. The molecule has 1 fully saturated rings. The third-order valence-corrected chi connectivity index (χ3v) is 5.57. The predicted octanol–water partition coefficient (Wildman–Crippen LogP) is 3.06. The van der Waals surface area contributed by atoms with Crippen molar-refractivity contribution < 1.29 is 9.59 Å². The number of amides is 2. The smallest absolute Gasteiger partial charge is 0.257 e. The van der Waals surface area contributed by atoms with Crippen LogP contribution in [0.1, 0.15) is 45.5 Å². The van der Waals surface area contributed by atoms with E-state index in [1.165, 1.54) is 5.56 Å². The summed E-state index contributed by atoms with van der Waals surface area (Å²) in [6.07, 6.45) is 3.98. The zero-order chi connectivity index (χ0) is 18.8. The van der Waals surface area contributed by atoms with Gasteiger partial charge in [-0.25, -0.2) is 0 Å². The number of hydrogen-bond donors (Lipinski definition) is 1. The molecule has 2 aromatic carbocycles. The minimum absolute atomic E-state index is 0.0828. The Morgan fingerprint density at radius 2 is 2.00 bits per heavy atom. The van der Waals surface area contributed by atoms with E-state index in [0.29, 0.717) is 17.7 Å². The van der Waals surface area contributed by atoms with E-state index in [0.717, 1.165) is 37.9 Å². The number of rotatable bonds is 5. The summed E-state index contributed by atoms with van der Waals surface area (Å²) in [6, 6.07) is 15.7. The fourth-order valence-corrected chi connectivity index (χ4v) is 4.09. The first-order chi connectivity index (χ1) is 13.1. The van der Waals surface area contributed by atoms with Crippen molar-refractivity contribution in [3.8, 4) is 0 Å². The lowest BCUT2D eigenvalue weighted by Gasteiger charge is -2.40. The van der Waals surface area contributed by atoms with Gasteiger partial charge in [-0.2, -0.15) is 0 Å². The molecule has 5 heteroatoms. The van der Waals surface area contributed by atoms with Crippen LogP contribution < -0.4 is 10.2 Å². The molecule has 4 rings (SSSR count). The lowest BCUT2D eigenvalue weighted by molar-refractivity contribution is 0.0719. The summed E-state index contributed by atoms with van der Waals surface area (Å²) in [4.78, 5) is 29.3. The monoisotopic (exact) mass is 363 g/mol. The van der Waals surface area contributed by atoms with E-state index in [1.54, 1.807) is 12.1 Å². The lowest BCUT2D eigenvalue weighted by atomic mass is 10.0. The van der Waals surface area contributed by atoms with Gasteiger partial charge in [0.25, 0.3) is 11.8 Å². The van der Waals surface area contributed by atoms with E-state index < -0.39 is 0 Å². The Balaban J connectivity index is 1.40. The Morgan fingerprint density at radius 1 is 1.19 bits per heavy atom. The molecule has 0 radical (unpaired) electrons. The summed E-state index contributed by atoms with van der Waals surface area (Å²) >= 11 is 0. The van der Waals surface area contributed by atoms with Gasteiger partial charge in [0.2, 0.25) is 0 Å². The average molecular weight is 363 g/mol. The number of nitrogens with one attached hydrogen (secondary N) is 1. The summed E-state index contributed by atoms with van der Waals surface area (Å²) < 4.78 is 0. The Labute approximate surface area is 160 Å². The largest absolute Gasteiger partial charge is 0.354 e. The molecule has 0 aliphatic carbocycles. The van der Waals surface area contributed by atoms with Crippen molar-refractivity contribution in [2.45, 2.75) is 31.8 Å². The van der Waals surface area contributed by atoms with Crippen molar-refractivity contribution in [1.82, 2.24) is 10.2 Å². The van der Waals surface area contributed by atoms with E-state index in [-0.39, 0.29) is 18.0 Å². The van der Waals surface area contributed by atoms with Gasteiger partial charge in [-0.15, -0.1) is 0 Å². The van der Waals surface area contributed by atoms with Gasteiger partial charge in [0.05, 0.1) is 11.3 Å².